The fourth-order valence-electron chi connectivity index (χ4n) is 2.34. The van der Waals surface area contributed by atoms with Gasteiger partial charge in [0, 0.05) is 25.5 Å². The van der Waals surface area contributed by atoms with Gasteiger partial charge in [0.2, 0.25) is 0 Å². The first-order chi connectivity index (χ1) is 10.1. The van der Waals surface area contributed by atoms with Crippen LogP contribution in [0.15, 0.2) is 30.6 Å². The SMILES string of the molecule is CCCNCc1cncc(N(C)c2ccc(C)cc2C)n1. The lowest BCUT2D eigenvalue weighted by atomic mass is 10.1. The van der Waals surface area contributed by atoms with Gasteiger partial charge in [0.15, 0.2) is 5.82 Å². The summed E-state index contributed by atoms with van der Waals surface area (Å²) < 4.78 is 0. The average Bonchev–Trinajstić information content (AvgIpc) is 2.47. The molecule has 0 atom stereocenters. The van der Waals surface area contributed by atoms with E-state index in [0.717, 1.165) is 36.7 Å². The first-order valence-corrected chi connectivity index (χ1v) is 7.44. The van der Waals surface area contributed by atoms with Crippen molar-refractivity contribution < 1.29 is 0 Å². The van der Waals surface area contributed by atoms with E-state index in [-0.39, 0.29) is 0 Å². The van der Waals surface area contributed by atoms with Crippen LogP contribution in [0.2, 0.25) is 0 Å². The first-order valence-electron chi connectivity index (χ1n) is 7.44. The van der Waals surface area contributed by atoms with E-state index in [1.165, 1.54) is 11.1 Å². The second-order valence-corrected chi connectivity index (χ2v) is 5.39. The molecule has 0 aliphatic carbocycles. The summed E-state index contributed by atoms with van der Waals surface area (Å²) in [6.07, 6.45) is 4.75. The molecule has 1 aromatic carbocycles. The largest absolute Gasteiger partial charge is 0.328 e. The smallest absolute Gasteiger partial charge is 0.151 e. The predicted octanol–water partition coefficient (Wildman–Crippen LogP) is 3.36. The zero-order valence-corrected chi connectivity index (χ0v) is 13.3. The Labute approximate surface area is 127 Å². The Balaban J connectivity index is 2.18. The molecule has 0 bridgehead atoms. The Bertz CT molecular complexity index is 595. The summed E-state index contributed by atoms with van der Waals surface area (Å²) >= 11 is 0. The van der Waals surface area contributed by atoms with Crippen LogP contribution in [0, 0.1) is 13.8 Å². The van der Waals surface area contributed by atoms with Gasteiger partial charge in [-0.25, -0.2) is 4.98 Å². The van der Waals surface area contributed by atoms with Crippen LogP contribution in [0.3, 0.4) is 0 Å². The lowest BCUT2D eigenvalue weighted by Gasteiger charge is -2.21. The molecule has 0 aliphatic heterocycles. The Morgan fingerprint density at radius 3 is 2.71 bits per heavy atom. The molecule has 0 unspecified atom stereocenters. The minimum Gasteiger partial charge on any atom is -0.328 e. The second-order valence-electron chi connectivity index (χ2n) is 5.39. The molecule has 1 heterocycles. The predicted molar refractivity (Wildman–Crippen MR) is 88.0 cm³/mol. The molecule has 0 saturated carbocycles. The maximum atomic E-state index is 4.69. The Kier molecular flexibility index (Phi) is 5.28. The maximum absolute atomic E-state index is 4.69. The van der Waals surface area contributed by atoms with E-state index in [1.807, 2.05) is 19.4 Å². The summed E-state index contributed by atoms with van der Waals surface area (Å²) in [5, 5.41) is 3.36. The van der Waals surface area contributed by atoms with Crippen LogP contribution in [0.4, 0.5) is 11.5 Å². The van der Waals surface area contributed by atoms with E-state index in [2.05, 4.69) is 59.2 Å². The highest BCUT2D eigenvalue weighted by Crippen LogP contribution is 2.25. The van der Waals surface area contributed by atoms with Crippen LogP contribution in [0.25, 0.3) is 0 Å². The molecule has 1 N–H and O–H groups in total. The van der Waals surface area contributed by atoms with Crippen LogP contribution in [-0.4, -0.2) is 23.6 Å². The van der Waals surface area contributed by atoms with Gasteiger partial charge in [-0.3, -0.25) is 4.98 Å². The first kappa shape index (κ1) is 15.4. The van der Waals surface area contributed by atoms with Crippen molar-refractivity contribution in [2.75, 3.05) is 18.5 Å². The van der Waals surface area contributed by atoms with Crippen LogP contribution in [0.1, 0.15) is 30.2 Å². The number of rotatable bonds is 6. The number of aryl methyl sites for hydroxylation is 2. The third-order valence-corrected chi connectivity index (χ3v) is 3.46. The summed E-state index contributed by atoms with van der Waals surface area (Å²) in [5.41, 5.74) is 4.65. The molecular formula is C17H24N4. The molecule has 21 heavy (non-hydrogen) atoms. The molecule has 0 radical (unpaired) electrons. The highest BCUT2D eigenvalue weighted by atomic mass is 15.2. The van der Waals surface area contributed by atoms with E-state index in [9.17, 15) is 0 Å². The van der Waals surface area contributed by atoms with Crippen molar-refractivity contribution in [2.24, 2.45) is 0 Å². The Hall–Kier alpha value is -1.94. The van der Waals surface area contributed by atoms with Crippen molar-refractivity contribution in [3.8, 4) is 0 Å². The minimum atomic E-state index is 0.759. The third kappa shape index (κ3) is 4.02. The monoisotopic (exact) mass is 284 g/mol. The van der Waals surface area contributed by atoms with Crippen molar-refractivity contribution in [3.05, 3.63) is 47.4 Å². The summed E-state index contributed by atoms with van der Waals surface area (Å²) in [6.45, 7) is 8.15. The molecular weight excluding hydrogens is 260 g/mol. The zero-order valence-electron chi connectivity index (χ0n) is 13.3. The van der Waals surface area contributed by atoms with E-state index < -0.39 is 0 Å². The second kappa shape index (κ2) is 7.18. The number of benzene rings is 1. The normalized spacial score (nSPS) is 10.7. The average molecular weight is 284 g/mol. The van der Waals surface area contributed by atoms with E-state index in [4.69, 9.17) is 0 Å². The fraction of sp³-hybridized carbons (Fsp3) is 0.412. The standard InChI is InChI=1S/C17H24N4/c1-5-8-18-10-15-11-19-12-17(20-15)21(4)16-7-6-13(2)9-14(16)3/h6-7,9,11-12,18H,5,8,10H2,1-4H3. The fourth-order valence-corrected chi connectivity index (χ4v) is 2.34. The van der Waals surface area contributed by atoms with Crippen molar-refractivity contribution >= 4 is 11.5 Å². The van der Waals surface area contributed by atoms with Crippen molar-refractivity contribution in [1.82, 2.24) is 15.3 Å². The molecule has 1 aromatic heterocycles. The van der Waals surface area contributed by atoms with Gasteiger partial charge in [0.05, 0.1) is 11.9 Å². The minimum absolute atomic E-state index is 0.759. The van der Waals surface area contributed by atoms with Gasteiger partial charge in [0.1, 0.15) is 0 Å². The van der Waals surface area contributed by atoms with Gasteiger partial charge in [0.25, 0.3) is 0 Å². The number of hydrogen-bond donors (Lipinski definition) is 1. The number of hydrogen-bond acceptors (Lipinski definition) is 4. The van der Waals surface area contributed by atoms with Gasteiger partial charge in [-0.1, -0.05) is 24.6 Å². The molecule has 0 saturated heterocycles. The molecule has 0 spiro atoms. The molecule has 4 nitrogen and oxygen atoms in total. The van der Waals surface area contributed by atoms with Crippen LogP contribution >= 0.6 is 0 Å². The summed E-state index contributed by atoms with van der Waals surface area (Å²) in [4.78, 5) is 11.1. The number of anilines is 2. The molecule has 4 heteroatoms. The maximum Gasteiger partial charge on any atom is 0.151 e. The Morgan fingerprint density at radius 2 is 2.00 bits per heavy atom. The molecule has 2 aromatic rings. The highest BCUT2D eigenvalue weighted by molar-refractivity contribution is 5.62. The molecule has 0 amide bonds. The molecule has 0 aliphatic rings. The topological polar surface area (TPSA) is 41.1 Å². The van der Waals surface area contributed by atoms with E-state index in [1.54, 1.807) is 0 Å². The van der Waals surface area contributed by atoms with Gasteiger partial charge in [-0.05, 0) is 38.4 Å². The van der Waals surface area contributed by atoms with Gasteiger partial charge >= 0.3 is 0 Å². The lowest BCUT2D eigenvalue weighted by molar-refractivity contribution is 0.662. The van der Waals surface area contributed by atoms with Crippen molar-refractivity contribution in [3.63, 3.8) is 0 Å². The summed E-state index contributed by atoms with van der Waals surface area (Å²) in [7, 11) is 2.03. The van der Waals surface area contributed by atoms with Crippen molar-refractivity contribution in [2.45, 2.75) is 33.7 Å². The van der Waals surface area contributed by atoms with Gasteiger partial charge < -0.3 is 10.2 Å². The molecule has 2 rings (SSSR count). The molecule has 0 fully saturated rings. The summed E-state index contributed by atoms with van der Waals surface area (Å²) in [5.74, 6) is 0.873. The van der Waals surface area contributed by atoms with Crippen LogP contribution in [0.5, 0.6) is 0 Å². The third-order valence-electron chi connectivity index (χ3n) is 3.46. The van der Waals surface area contributed by atoms with Gasteiger partial charge in [-0.15, -0.1) is 0 Å². The van der Waals surface area contributed by atoms with E-state index >= 15 is 0 Å². The van der Waals surface area contributed by atoms with E-state index in [0.29, 0.717) is 0 Å². The zero-order chi connectivity index (χ0) is 15.2. The Morgan fingerprint density at radius 1 is 1.19 bits per heavy atom. The highest BCUT2D eigenvalue weighted by Gasteiger charge is 2.09. The lowest BCUT2D eigenvalue weighted by Crippen LogP contribution is -2.17. The number of nitrogens with one attached hydrogen (secondary N) is 1. The van der Waals surface area contributed by atoms with Gasteiger partial charge in [-0.2, -0.15) is 0 Å². The van der Waals surface area contributed by atoms with Crippen LogP contribution < -0.4 is 10.2 Å². The summed E-state index contributed by atoms with van der Waals surface area (Å²) in [6, 6.07) is 6.44. The quantitative estimate of drug-likeness (QED) is 0.826. The van der Waals surface area contributed by atoms with Crippen LogP contribution in [-0.2, 0) is 6.54 Å². The number of aromatic nitrogens is 2. The molecule has 112 valence electrons. The van der Waals surface area contributed by atoms with Crippen molar-refractivity contribution in [1.29, 1.82) is 0 Å². The number of nitrogens with zero attached hydrogens (tertiary/aromatic N) is 3.